The van der Waals surface area contributed by atoms with Crippen molar-refractivity contribution < 1.29 is 5.11 Å². The zero-order chi connectivity index (χ0) is 12.0. The lowest BCUT2D eigenvalue weighted by Crippen LogP contribution is -2.33. The van der Waals surface area contributed by atoms with Crippen LogP contribution in [-0.4, -0.2) is 17.7 Å². The number of aliphatic hydroxyl groups is 1. The largest absolute Gasteiger partial charge is 0.387 e. The number of aliphatic hydroxyl groups excluding tert-OH is 1. The number of hydrogen-bond donors (Lipinski definition) is 2. The van der Waals surface area contributed by atoms with E-state index in [1.807, 2.05) is 37.3 Å². The maximum atomic E-state index is 10.1. The lowest BCUT2D eigenvalue weighted by molar-refractivity contribution is 0.135. The van der Waals surface area contributed by atoms with Crippen LogP contribution in [0.1, 0.15) is 38.9 Å². The van der Waals surface area contributed by atoms with Crippen molar-refractivity contribution in [3.63, 3.8) is 0 Å². The standard InChI is InChI=1S/C14H23NO/c1-11(2)9-10-15-12(3)14(16)13-7-5-4-6-8-13/h4-8,11-12,14-16H,9-10H2,1-3H3. The number of nitrogens with one attached hydrogen (secondary N) is 1. The molecule has 2 atom stereocenters. The predicted molar refractivity (Wildman–Crippen MR) is 68.3 cm³/mol. The van der Waals surface area contributed by atoms with Crippen LogP contribution in [-0.2, 0) is 0 Å². The summed E-state index contributed by atoms with van der Waals surface area (Å²) < 4.78 is 0. The second-order valence-electron chi connectivity index (χ2n) is 4.78. The number of rotatable bonds is 6. The highest BCUT2D eigenvalue weighted by molar-refractivity contribution is 5.18. The van der Waals surface area contributed by atoms with E-state index in [1.165, 1.54) is 0 Å². The van der Waals surface area contributed by atoms with Crippen LogP contribution in [0.3, 0.4) is 0 Å². The third-order valence-electron chi connectivity index (χ3n) is 2.80. The highest BCUT2D eigenvalue weighted by atomic mass is 16.3. The van der Waals surface area contributed by atoms with Crippen molar-refractivity contribution in [1.82, 2.24) is 5.32 Å². The summed E-state index contributed by atoms with van der Waals surface area (Å²) in [6.45, 7) is 7.40. The van der Waals surface area contributed by atoms with Gasteiger partial charge >= 0.3 is 0 Å². The summed E-state index contributed by atoms with van der Waals surface area (Å²) in [5, 5.41) is 13.5. The fraction of sp³-hybridized carbons (Fsp3) is 0.571. The van der Waals surface area contributed by atoms with E-state index in [9.17, 15) is 5.11 Å². The first kappa shape index (κ1) is 13.2. The Labute approximate surface area is 98.7 Å². The zero-order valence-electron chi connectivity index (χ0n) is 10.5. The molecule has 0 radical (unpaired) electrons. The van der Waals surface area contributed by atoms with Gasteiger partial charge < -0.3 is 10.4 Å². The van der Waals surface area contributed by atoms with E-state index in [1.54, 1.807) is 0 Å². The van der Waals surface area contributed by atoms with E-state index >= 15 is 0 Å². The van der Waals surface area contributed by atoms with Crippen LogP contribution in [0.5, 0.6) is 0 Å². The van der Waals surface area contributed by atoms with Crippen molar-refractivity contribution in [2.75, 3.05) is 6.54 Å². The Kier molecular flexibility index (Phi) is 5.50. The van der Waals surface area contributed by atoms with Crippen LogP contribution in [0.25, 0.3) is 0 Å². The minimum Gasteiger partial charge on any atom is -0.387 e. The van der Waals surface area contributed by atoms with E-state index in [-0.39, 0.29) is 6.04 Å². The van der Waals surface area contributed by atoms with Crippen molar-refractivity contribution in [1.29, 1.82) is 0 Å². The van der Waals surface area contributed by atoms with Gasteiger partial charge in [0.1, 0.15) is 0 Å². The lowest BCUT2D eigenvalue weighted by atomic mass is 10.0. The van der Waals surface area contributed by atoms with Crippen molar-refractivity contribution in [2.24, 2.45) is 5.92 Å². The fourth-order valence-electron chi connectivity index (χ4n) is 1.65. The molecular formula is C14H23NO. The first-order valence-corrected chi connectivity index (χ1v) is 6.07. The minimum absolute atomic E-state index is 0.0983. The van der Waals surface area contributed by atoms with Crippen LogP contribution < -0.4 is 5.32 Å². The Bertz CT molecular complexity index is 284. The molecule has 0 saturated heterocycles. The molecule has 0 heterocycles. The van der Waals surface area contributed by atoms with Gasteiger partial charge in [0.25, 0.3) is 0 Å². The van der Waals surface area contributed by atoms with Crippen LogP contribution in [0.15, 0.2) is 30.3 Å². The lowest BCUT2D eigenvalue weighted by Gasteiger charge is -2.21. The Morgan fingerprint density at radius 2 is 1.75 bits per heavy atom. The van der Waals surface area contributed by atoms with Gasteiger partial charge in [-0.25, -0.2) is 0 Å². The van der Waals surface area contributed by atoms with Gasteiger partial charge in [-0.3, -0.25) is 0 Å². The van der Waals surface area contributed by atoms with Gasteiger partial charge in [0, 0.05) is 6.04 Å². The molecule has 0 fully saturated rings. The van der Waals surface area contributed by atoms with Crippen molar-refractivity contribution in [3.8, 4) is 0 Å². The summed E-state index contributed by atoms with van der Waals surface area (Å²) in [4.78, 5) is 0. The van der Waals surface area contributed by atoms with E-state index in [0.717, 1.165) is 18.5 Å². The molecule has 16 heavy (non-hydrogen) atoms. The van der Waals surface area contributed by atoms with E-state index in [2.05, 4.69) is 19.2 Å². The molecule has 2 unspecified atom stereocenters. The number of hydrogen-bond acceptors (Lipinski definition) is 2. The summed E-state index contributed by atoms with van der Waals surface area (Å²) in [6.07, 6.45) is 0.722. The van der Waals surface area contributed by atoms with E-state index in [4.69, 9.17) is 0 Å². The maximum absolute atomic E-state index is 10.1. The van der Waals surface area contributed by atoms with Gasteiger partial charge in [0.15, 0.2) is 0 Å². The second-order valence-corrected chi connectivity index (χ2v) is 4.78. The van der Waals surface area contributed by atoms with Crippen LogP contribution in [0.4, 0.5) is 0 Å². The number of benzene rings is 1. The Morgan fingerprint density at radius 1 is 1.12 bits per heavy atom. The molecule has 0 spiro atoms. The smallest absolute Gasteiger partial charge is 0.0940 e. The highest BCUT2D eigenvalue weighted by Gasteiger charge is 2.14. The average Bonchev–Trinajstić information content (AvgIpc) is 2.28. The first-order chi connectivity index (χ1) is 7.61. The summed E-state index contributed by atoms with van der Waals surface area (Å²) in [6, 6.07) is 9.91. The minimum atomic E-state index is -0.423. The van der Waals surface area contributed by atoms with Crippen molar-refractivity contribution in [2.45, 2.75) is 39.3 Å². The molecule has 1 aromatic carbocycles. The fourth-order valence-corrected chi connectivity index (χ4v) is 1.65. The van der Waals surface area contributed by atoms with Gasteiger partial charge in [0.05, 0.1) is 6.10 Å². The molecule has 0 aliphatic rings. The molecule has 90 valence electrons. The molecule has 2 N–H and O–H groups in total. The van der Waals surface area contributed by atoms with Gasteiger partial charge in [-0.05, 0) is 31.4 Å². The molecule has 0 bridgehead atoms. The Hall–Kier alpha value is -0.860. The van der Waals surface area contributed by atoms with Gasteiger partial charge in [-0.2, -0.15) is 0 Å². The summed E-state index contributed by atoms with van der Waals surface area (Å²) >= 11 is 0. The summed E-state index contributed by atoms with van der Waals surface area (Å²) in [5.41, 5.74) is 0.979. The Morgan fingerprint density at radius 3 is 2.31 bits per heavy atom. The zero-order valence-corrected chi connectivity index (χ0v) is 10.5. The topological polar surface area (TPSA) is 32.3 Å². The maximum Gasteiger partial charge on any atom is 0.0940 e. The third kappa shape index (κ3) is 4.33. The normalized spacial score (nSPS) is 15.1. The molecule has 1 rings (SSSR count). The molecule has 0 saturated carbocycles. The highest BCUT2D eigenvalue weighted by Crippen LogP contribution is 2.15. The van der Waals surface area contributed by atoms with Gasteiger partial charge in [0.2, 0.25) is 0 Å². The van der Waals surface area contributed by atoms with Crippen molar-refractivity contribution >= 4 is 0 Å². The predicted octanol–water partition coefficient (Wildman–Crippen LogP) is 2.74. The molecule has 0 aliphatic heterocycles. The molecule has 0 amide bonds. The summed E-state index contributed by atoms with van der Waals surface area (Å²) in [5.74, 6) is 0.702. The first-order valence-electron chi connectivity index (χ1n) is 6.07. The van der Waals surface area contributed by atoms with E-state index in [0.29, 0.717) is 5.92 Å². The monoisotopic (exact) mass is 221 g/mol. The quantitative estimate of drug-likeness (QED) is 0.774. The molecule has 0 aromatic heterocycles. The average molecular weight is 221 g/mol. The Balaban J connectivity index is 2.39. The van der Waals surface area contributed by atoms with Gasteiger partial charge in [-0.1, -0.05) is 44.2 Å². The molecule has 2 heteroatoms. The van der Waals surface area contributed by atoms with Gasteiger partial charge in [-0.15, -0.1) is 0 Å². The van der Waals surface area contributed by atoms with E-state index < -0.39 is 6.10 Å². The second kappa shape index (κ2) is 6.66. The van der Waals surface area contributed by atoms with Crippen LogP contribution in [0.2, 0.25) is 0 Å². The molecular weight excluding hydrogens is 198 g/mol. The van der Waals surface area contributed by atoms with Crippen LogP contribution in [0, 0.1) is 5.92 Å². The molecule has 0 aliphatic carbocycles. The molecule has 2 nitrogen and oxygen atoms in total. The molecule has 1 aromatic rings. The van der Waals surface area contributed by atoms with Crippen molar-refractivity contribution in [3.05, 3.63) is 35.9 Å². The summed E-state index contributed by atoms with van der Waals surface area (Å²) in [7, 11) is 0. The van der Waals surface area contributed by atoms with Crippen LogP contribution >= 0.6 is 0 Å². The third-order valence-corrected chi connectivity index (χ3v) is 2.80. The SMILES string of the molecule is CC(C)CCNC(C)C(O)c1ccccc1.